The molecule has 0 fully saturated rings. The van der Waals surface area contributed by atoms with E-state index >= 15 is 0 Å². The summed E-state index contributed by atoms with van der Waals surface area (Å²) in [5.41, 5.74) is 2.09. The number of fused-ring (bicyclic) bond motifs is 1. The van der Waals surface area contributed by atoms with Crippen LogP contribution in [-0.2, 0) is 16.0 Å². The molecule has 2 heterocycles. The number of carbonyl (C=O) groups excluding carboxylic acids is 2. The number of benzene rings is 1. The molecule has 1 amide bonds. The molecule has 2 aromatic rings. The van der Waals surface area contributed by atoms with Crippen LogP contribution in [0.5, 0.6) is 0 Å². The molecule has 0 saturated heterocycles. The third-order valence-electron chi connectivity index (χ3n) is 4.46. The number of carbonyl (C=O) groups is 3. The van der Waals surface area contributed by atoms with Crippen molar-refractivity contribution in [3.8, 4) is 0 Å². The standard InChI is InChI=1S/C20H20N2O5S/c1-13(12-28-19(24)15-6-4-10-21-11-15)18(23)22-16-7-3-2-5-14(16)8-9-17(22)27-20(25)26/h2-7,10-11,13,17H,8-9,12H2,1H3,(H,25,26). The Morgan fingerprint density at radius 1 is 1.29 bits per heavy atom. The maximum absolute atomic E-state index is 13.1. The fourth-order valence-electron chi connectivity index (χ4n) is 3.09. The van der Waals surface area contributed by atoms with Gasteiger partial charge in [-0.15, -0.1) is 0 Å². The Kier molecular flexibility index (Phi) is 6.30. The van der Waals surface area contributed by atoms with Crippen molar-refractivity contribution in [3.63, 3.8) is 0 Å². The summed E-state index contributed by atoms with van der Waals surface area (Å²) >= 11 is 1.04. The van der Waals surface area contributed by atoms with Crippen molar-refractivity contribution >= 4 is 34.6 Å². The quantitative estimate of drug-likeness (QED) is 0.766. The summed E-state index contributed by atoms with van der Waals surface area (Å²) in [5, 5.41) is 8.88. The highest BCUT2D eigenvalue weighted by molar-refractivity contribution is 8.14. The molecular weight excluding hydrogens is 380 g/mol. The van der Waals surface area contributed by atoms with Gasteiger partial charge in [0.1, 0.15) is 0 Å². The second-order valence-electron chi connectivity index (χ2n) is 6.46. The fraction of sp³-hybridized carbons (Fsp3) is 0.300. The molecule has 146 valence electrons. The number of carboxylic acid groups (broad SMARTS) is 1. The van der Waals surface area contributed by atoms with E-state index in [4.69, 9.17) is 9.84 Å². The van der Waals surface area contributed by atoms with Gasteiger partial charge < -0.3 is 9.84 Å². The number of hydrogen-bond donors (Lipinski definition) is 1. The molecule has 0 aliphatic carbocycles. The molecule has 0 saturated carbocycles. The van der Waals surface area contributed by atoms with E-state index in [1.54, 1.807) is 37.4 Å². The van der Waals surface area contributed by atoms with Crippen molar-refractivity contribution < 1.29 is 24.2 Å². The highest BCUT2D eigenvalue weighted by atomic mass is 32.2. The van der Waals surface area contributed by atoms with E-state index in [0.29, 0.717) is 24.1 Å². The second kappa shape index (κ2) is 8.88. The number of hydrogen-bond acceptors (Lipinski definition) is 6. The first-order valence-corrected chi connectivity index (χ1v) is 9.83. The summed E-state index contributed by atoms with van der Waals surface area (Å²) in [4.78, 5) is 41.8. The Morgan fingerprint density at radius 3 is 2.79 bits per heavy atom. The summed E-state index contributed by atoms with van der Waals surface area (Å²) in [5.74, 6) is -0.507. The van der Waals surface area contributed by atoms with Crippen LogP contribution in [0.25, 0.3) is 0 Å². The maximum Gasteiger partial charge on any atom is 0.507 e. The molecule has 0 spiro atoms. The van der Waals surface area contributed by atoms with Gasteiger partial charge in [0, 0.05) is 36.0 Å². The Hall–Kier alpha value is -2.87. The lowest BCUT2D eigenvalue weighted by Gasteiger charge is -2.37. The van der Waals surface area contributed by atoms with Crippen LogP contribution >= 0.6 is 11.8 Å². The van der Waals surface area contributed by atoms with Crippen molar-refractivity contribution in [2.45, 2.75) is 26.0 Å². The van der Waals surface area contributed by atoms with Gasteiger partial charge in [-0.1, -0.05) is 36.9 Å². The predicted octanol–water partition coefficient (Wildman–Crippen LogP) is 3.59. The molecule has 1 aliphatic heterocycles. The van der Waals surface area contributed by atoms with Crippen LogP contribution in [0.1, 0.15) is 29.3 Å². The number of anilines is 1. The van der Waals surface area contributed by atoms with E-state index in [0.717, 1.165) is 17.3 Å². The van der Waals surface area contributed by atoms with Crippen LogP contribution < -0.4 is 4.90 Å². The van der Waals surface area contributed by atoms with Gasteiger partial charge in [-0.2, -0.15) is 0 Å². The van der Waals surface area contributed by atoms with Crippen LogP contribution in [0, 0.1) is 5.92 Å². The molecule has 7 nitrogen and oxygen atoms in total. The Morgan fingerprint density at radius 2 is 2.07 bits per heavy atom. The second-order valence-corrected chi connectivity index (χ2v) is 7.45. The van der Waals surface area contributed by atoms with Crippen LogP contribution in [0.15, 0.2) is 48.8 Å². The third kappa shape index (κ3) is 4.51. The van der Waals surface area contributed by atoms with Gasteiger partial charge in [-0.3, -0.25) is 19.5 Å². The molecule has 0 bridgehead atoms. The van der Waals surface area contributed by atoms with Crippen LogP contribution in [0.4, 0.5) is 10.5 Å². The lowest BCUT2D eigenvalue weighted by molar-refractivity contribution is -0.123. The summed E-state index contributed by atoms with van der Waals surface area (Å²) in [6.07, 6.45) is 1.80. The van der Waals surface area contributed by atoms with E-state index in [2.05, 4.69) is 4.98 Å². The smallest absolute Gasteiger partial charge is 0.450 e. The summed E-state index contributed by atoms with van der Waals surface area (Å²) in [6.45, 7) is 1.72. The largest absolute Gasteiger partial charge is 0.507 e. The van der Waals surface area contributed by atoms with E-state index < -0.39 is 18.3 Å². The van der Waals surface area contributed by atoms with Gasteiger partial charge in [0.2, 0.25) is 11.0 Å². The van der Waals surface area contributed by atoms with Crippen molar-refractivity contribution in [3.05, 3.63) is 59.9 Å². The topological polar surface area (TPSA) is 96.8 Å². The molecule has 1 aromatic heterocycles. The van der Waals surface area contributed by atoms with E-state index in [-0.39, 0.29) is 16.8 Å². The number of aromatic nitrogens is 1. The van der Waals surface area contributed by atoms with Gasteiger partial charge >= 0.3 is 6.16 Å². The highest BCUT2D eigenvalue weighted by Gasteiger charge is 2.35. The molecule has 8 heteroatoms. The van der Waals surface area contributed by atoms with E-state index in [1.807, 2.05) is 12.1 Å². The molecule has 0 radical (unpaired) electrons. The average molecular weight is 400 g/mol. The average Bonchev–Trinajstić information content (AvgIpc) is 2.71. The number of thioether (sulfide) groups is 1. The maximum atomic E-state index is 13.1. The lowest BCUT2D eigenvalue weighted by atomic mass is 9.99. The van der Waals surface area contributed by atoms with Gasteiger partial charge in [0.25, 0.3) is 0 Å². The summed E-state index contributed by atoms with van der Waals surface area (Å²) in [6, 6.07) is 10.7. The Bertz CT molecular complexity index is 874. The molecule has 28 heavy (non-hydrogen) atoms. The molecule has 2 unspecified atom stereocenters. The minimum absolute atomic E-state index is 0.162. The number of aryl methyl sites for hydroxylation is 1. The highest BCUT2D eigenvalue weighted by Crippen LogP contribution is 2.33. The molecule has 2 atom stereocenters. The van der Waals surface area contributed by atoms with Crippen molar-refractivity contribution in [2.24, 2.45) is 5.92 Å². The number of para-hydroxylation sites is 1. The number of amides is 1. The molecule has 1 N–H and O–H groups in total. The molecule has 1 aliphatic rings. The Balaban J connectivity index is 1.74. The molecule has 1 aromatic carbocycles. The molecular formula is C20H20N2O5S. The van der Waals surface area contributed by atoms with Gasteiger partial charge in [0.15, 0.2) is 6.23 Å². The predicted molar refractivity (Wildman–Crippen MR) is 105 cm³/mol. The van der Waals surface area contributed by atoms with Crippen LogP contribution in [0.2, 0.25) is 0 Å². The number of ether oxygens (including phenoxy) is 1. The van der Waals surface area contributed by atoms with Crippen LogP contribution in [-0.4, -0.2) is 39.2 Å². The number of pyridine rings is 1. The van der Waals surface area contributed by atoms with Crippen molar-refractivity contribution in [1.29, 1.82) is 0 Å². The zero-order chi connectivity index (χ0) is 20.1. The van der Waals surface area contributed by atoms with E-state index in [9.17, 15) is 14.4 Å². The lowest BCUT2D eigenvalue weighted by Crippen LogP contribution is -2.48. The van der Waals surface area contributed by atoms with E-state index in [1.165, 1.54) is 11.1 Å². The van der Waals surface area contributed by atoms with Crippen molar-refractivity contribution in [1.82, 2.24) is 4.98 Å². The summed E-state index contributed by atoms with van der Waals surface area (Å²) < 4.78 is 4.97. The summed E-state index contributed by atoms with van der Waals surface area (Å²) in [7, 11) is 0. The first-order valence-electron chi connectivity index (χ1n) is 8.85. The molecule has 3 rings (SSSR count). The van der Waals surface area contributed by atoms with Gasteiger partial charge in [-0.05, 0) is 30.2 Å². The van der Waals surface area contributed by atoms with Crippen LogP contribution in [0.3, 0.4) is 0 Å². The van der Waals surface area contributed by atoms with Gasteiger partial charge in [-0.25, -0.2) is 4.79 Å². The van der Waals surface area contributed by atoms with Gasteiger partial charge in [0.05, 0.1) is 5.69 Å². The first-order chi connectivity index (χ1) is 13.5. The zero-order valence-electron chi connectivity index (χ0n) is 15.3. The minimum Gasteiger partial charge on any atom is -0.450 e. The fourth-order valence-corrected chi connectivity index (χ4v) is 3.92. The third-order valence-corrected chi connectivity index (χ3v) is 5.62. The monoisotopic (exact) mass is 400 g/mol. The zero-order valence-corrected chi connectivity index (χ0v) is 16.1. The van der Waals surface area contributed by atoms with Crippen molar-refractivity contribution in [2.75, 3.05) is 10.7 Å². The normalized spacial score (nSPS) is 16.8. The number of nitrogens with zero attached hydrogens (tertiary/aromatic N) is 2. The Labute approximate surface area is 166 Å². The minimum atomic E-state index is -1.42. The first kappa shape index (κ1) is 19.9. The SMILES string of the molecule is CC(CSC(=O)c1cccnc1)C(=O)N1c2ccccc2CCC1OC(=O)O. The number of rotatable bonds is 5.